The van der Waals surface area contributed by atoms with E-state index in [1.165, 1.54) is 25.1 Å². The number of ether oxygens (including phenoxy) is 1. The maximum absolute atomic E-state index is 10.7. The van der Waals surface area contributed by atoms with Crippen LogP contribution in [0.3, 0.4) is 0 Å². The van der Waals surface area contributed by atoms with Crippen molar-refractivity contribution in [2.24, 2.45) is 0 Å². The highest BCUT2D eigenvalue weighted by Gasteiger charge is 2.02. The molecule has 16 heavy (non-hydrogen) atoms. The molecule has 1 rings (SSSR count). The van der Waals surface area contributed by atoms with E-state index in [2.05, 4.69) is 0 Å². The minimum atomic E-state index is -1.06. The van der Waals surface area contributed by atoms with E-state index in [-0.39, 0.29) is 0 Å². The number of halogens is 1. The standard InChI is InChI=1S/C11H9ClO4/c1-7(13)16-9-4-2-8(10(12)6-9)3-5-11(14)15/h2-6H,1H3,(H,14,15)/b5-3+. The van der Waals surface area contributed by atoms with Crippen LogP contribution in [0.4, 0.5) is 0 Å². The Morgan fingerprint density at radius 2 is 2.12 bits per heavy atom. The Bertz CT molecular complexity index is 451. The van der Waals surface area contributed by atoms with Gasteiger partial charge in [-0.1, -0.05) is 11.6 Å². The van der Waals surface area contributed by atoms with Crippen molar-refractivity contribution in [2.75, 3.05) is 0 Å². The van der Waals surface area contributed by atoms with Gasteiger partial charge in [0, 0.05) is 19.1 Å². The van der Waals surface area contributed by atoms with E-state index in [4.69, 9.17) is 21.4 Å². The molecule has 1 N–H and O–H groups in total. The Hall–Kier alpha value is -1.81. The Kier molecular flexibility index (Phi) is 4.08. The first kappa shape index (κ1) is 12.3. The second kappa shape index (κ2) is 5.32. The summed E-state index contributed by atoms with van der Waals surface area (Å²) in [5.41, 5.74) is 0.542. The number of esters is 1. The fraction of sp³-hybridized carbons (Fsp3) is 0.0909. The minimum Gasteiger partial charge on any atom is -0.478 e. The lowest BCUT2D eigenvalue weighted by Gasteiger charge is -2.03. The van der Waals surface area contributed by atoms with Crippen LogP contribution in [-0.2, 0) is 9.59 Å². The van der Waals surface area contributed by atoms with Gasteiger partial charge in [0.15, 0.2) is 0 Å². The van der Waals surface area contributed by atoms with Crippen molar-refractivity contribution >= 4 is 29.6 Å². The van der Waals surface area contributed by atoms with E-state index < -0.39 is 11.9 Å². The topological polar surface area (TPSA) is 63.6 Å². The molecule has 0 amide bonds. The average Bonchev–Trinajstić information content (AvgIpc) is 2.15. The molecule has 0 heterocycles. The molecule has 0 saturated carbocycles. The van der Waals surface area contributed by atoms with Crippen molar-refractivity contribution < 1.29 is 19.4 Å². The van der Waals surface area contributed by atoms with E-state index in [9.17, 15) is 9.59 Å². The van der Waals surface area contributed by atoms with Crippen LogP contribution in [-0.4, -0.2) is 17.0 Å². The molecule has 4 nitrogen and oxygen atoms in total. The number of carbonyl (C=O) groups excluding carboxylic acids is 1. The second-order valence-electron chi connectivity index (χ2n) is 2.95. The molecule has 1 aromatic rings. The monoisotopic (exact) mass is 240 g/mol. The van der Waals surface area contributed by atoms with Gasteiger partial charge in [-0.15, -0.1) is 0 Å². The van der Waals surface area contributed by atoms with Crippen molar-refractivity contribution in [2.45, 2.75) is 6.92 Å². The zero-order chi connectivity index (χ0) is 12.1. The molecule has 0 radical (unpaired) electrons. The zero-order valence-electron chi connectivity index (χ0n) is 8.44. The highest BCUT2D eigenvalue weighted by molar-refractivity contribution is 6.32. The van der Waals surface area contributed by atoms with Crippen molar-refractivity contribution in [3.8, 4) is 5.75 Å². The molecule has 1 aromatic carbocycles. The normalized spacial score (nSPS) is 10.4. The summed E-state index contributed by atoms with van der Waals surface area (Å²) in [6.07, 6.45) is 2.34. The SMILES string of the molecule is CC(=O)Oc1ccc(/C=C/C(=O)O)c(Cl)c1. The highest BCUT2D eigenvalue weighted by Crippen LogP contribution is 2.23. The summed E-state index contributed by atoms with van der Waals surface area (Å²) in [5, 5.41) is 8.76. The smallest absolute Gasteiger partial charge is 0.328 e. The number of rotatable bonds is 3. The van der Waals surface area contributed by atoms with Crippen LogP contribution in [0.2, 0.25) is 5.02 Å². The average molecular weight is 241 g/mol. The van der Waals surface area contributed by atoms with Gasteiger partial charge in [-0.05, 0) is 23.8 Å². The lowest BCUT2D eigenvalue weighted by molar-refractivity contribution is -0.132. The summed E-state index contributed by atoms with van der Waals surface area (Å²) < 4.78 is 4.81. The van der Waals surface area contributed by atoms with Crippen LogP contribution in [0.5, 0.6) is 5.75 Å². The molecule has 0 unspecified atom stereocenters. The summed E-state index contributed by atoms with van der Waals surface area (Å²) >= 11 is 5.86. The third-order valence-corrected chi connectivity index (χ3v) is 1.97. The first-order valence-corrected chi connectivity index (χ1v) is 4.76. The number of aliphatic carboxylic acids is 1. The van der Waals surface area contributed by atoms with Crippen LogP contribution >= 0.6 is 11.6 Å². The lowest BCUT2D eigenvalue weighted by Crippen LogP contribution is -2.01. The predicted octanol–water partition coefficient (Wildman–Crippen LogP) is 2.36. The fourth-order valence-electron chi connectivity index (χ4n) is 1.03. The van der Waals surface area contributed by atoms with Gasteiger partial charge in [0.25, 0.3) is 0 Å². The summed E-state index contributed by atoms with van der Waals surface area (Å²) in [7, 11) is 0. The van der Waals surface area contributed by atoms with E-state index >= 15 is 0 Å². The van der Waals surface area contributed by atoms with Crippen LogP contribution < -0.4 is 4.74 Å². The molecule has 0 aliphatic rings. The number of carboxylic acid groups (broad SMARTS) is 1. The van der Waals surface area contributed by atoms with E-state index in [1.54, 1.807) is 6.07 Å². The number of hydrogen-bond donors (Lipinski definition) is 1. The van der Waals surface area contributed by atoms with Crippen LogP contribution in [0.25, 0.3) is 6.08 Å². The minimum absolute atomic E-state index is 0.316. The van der Waals surface area contributed by atoms with Crippen molar-refractivity contribution in [1.29, 1.82) is 0 Å². The third kappa shape index (κ3) is 3.74. The van der Waals surface area contributed by atoms with Gasteiger partial charge in [-0.2, -0.15) is 0 Å². The number of carbonyl (C=O) groups is 2. The molecule has 0 atom stereocenters. The third-order valence-electron chi connectivity index (χ3n) is 1.64. The van der Waals surface area contributed by atoms with Gasteiger partial charge in [0.2, 0.25) is 0 Å². The Morgan fingerprint density at radius 3 is 2.62 bits per heavy atom. The van der Waals surface area contributed by atoms with Crippen LogP contribution in [0.15, 0.2) is 24.3 Å². The van der Waals surface area contributed by atoms with Crippen LogP contribution in [0, 0.1) is 0 Å². The molecule has 0 aliphatic carbocycles. The lowest BCUT2D eigenvalue weighted by atomic mass is 10.2. The molecule has 0 spiro atoms. The first-order valence-electron chi connectivity index (χ1n) is 4.38. The fourth-order valence-corrected chi connectivity index (χ4v) is 1.27. The predicted molar refractivity (Wildman–Crippen MR) is 59.4 cm³/mol. The molecule has 0 aliphatic heterocycles. The van der Waals surface area contributed by atoms with Crippen molar-refractivity contribution in [3.63, 3.8) is 0 Å². The second-order valence-corrected chi connectivity index (χ2v) is 3.36. The number of hydrogen-bond acceptors (Lipinski definition) is 3. The van der Waals surface area contributed by atoms with Gasteiger partial charge in [-0.25, -0.2) is 4.79 Å². The summed E-state index contributed by atoms with van der Waals surface area (Å²) in [4.78, 5) is 21.0. The number of benzene rings is 1. The molecule has 0 saturated heterocycles. The Morgan fingerprint density at radius 1 is 1.44 bits per heavy atom. The number of carboxylic acids is 1. The largest absolute Gasteiger partial charge is 0.478 e. The summed E-state index contributed by atoms with van der Waals surface area (Å²) in [6.45, 7) is 1.28. The molecule has 84 valence electrons. The van der Waals surface area contributed by atoms with E-state index in [0.29, 0.717) is 16.3 Å². The first-order chi connectivity index (χ1) is 7.49. The Balaban J connectivity index is 2.91. The van der Waals surface area contributed by atoms with Gasteiger partial charge >= 0.3 is 11.9 Å². The molecular formula is C11H9ClO4. The van der Waals surface area contributed by atoms with Gasteiger partial charge in [0.1, 0.15) is 5.75 Å². The summed E-state index contributed by atoms with van der Waals surface area (Å²) in [5.74, 6) is -1.17. The van der Waals surface area contributed by atoms with Crippen molar-refractivity contribution in [3.05, 3.63) is 34.9 Å². The molecular weight excluding hydrogens is 232 g/mol. The quantitative estimate of drug-likeness (QED) is 0.500. The maximum atomic E-state index is 10.7. The molecule has 0 fully saturated rings. The van der Waals surface area contributed by atoms with Gasteiger partial charge in [-0.3, -0.25) is 4.79 Å². The molecule has 0 aromatic heterocycles. The maximum Gasteiger partial charge on any atom is 0.328 e. The highest BCUT2D eigenvalue weighted by atomic mass is 35.5. The van der Waals surface area contributed by atoms with Gasteiger partial charge in [0.05, 0.1) is 5.02 Å². The summed E-state index contributed by atoms with van der Waals surface area (Å²) in [6, 6.07) is 4.55. The molecule has 0 bridgehead atoms. The Labute approximate surface area is 97.1 Å². The van der Waals surface area contributed by atoms with Gasteiger partial charge < -0.3 is 9.84 Å². The van der Waals surface area contributed by atoms with E-state index in [1.807, 2.05) is 0 Å². The van der Waals surface area contributed by atoms with E-state index in [0.717, 1.165) is 6.08 Å². The van der Waals surface area contributed by atoms with Crippen LogP contribution in [0.1, 0.15) is 12.5 Å². The molecule has 5 heteroatoms. The van der Waals surface area contributed by atoms with Crippen molar-refractivity contribution in [1.82, 2.24) is 0 Å². The zero-order valence-corrected chi connectivity index (χ0v) is 9.19.